The van der Waals surface area contributed by atoms with Crippen molar-refractivity contribution in [2.75, 3.05) is 0 Å². The summed E-state index contributed by atoms with van der Waals surface area (Å²) < 4.78 is 9.84. The van der Waals surface area contributed by atoms with Crippen LogP contribution in [0, 0.1) is 6.92 Å². The lowest BCUT2D eigenvalue weighted by Gasteiger charge is -1.94. The number of nitrogens with zero attached hydrogens (tertiary/aromatic N) is 2. The van der Waals surface area contributed by atoms with E-state index in [2.05, 4.69) is 10.3 Å². The number of carboxylic acid groups (broad SMARTS) is 1. The molecule has 2 aromatic heterocycles. The normalized spacial score (nSPS) is 10.9. The van der Waals surface area contributed by atoms with E-state index in [-0.39, 0.29) is 5.76 Å². The lowest BCUT2D eigenvalue weighted by molar-refractivity contribution is 0.0652. The number of fused-ring (bicyclic) bond motifs is 1. The Morgan fingerprint density at radius 3 is 2.78 bits per heavy atom. The highest BCUT2D eigenvalue weighted by Gasteiger charge is 2.13. The Labute approximate surface area is 101 Å². The molecule has 6 heteroatoms. The lowest BCUT2D eigenvalue weighted by Crippen LogP contribution is -1.91. The van der Waals surface area contributed by atoms with Crippen molar-refractivity contribution in [3.05, 3.63) is 35.7 Å². The van der Waals surface area contributed by atoms with Crippen molar-refractivity contribution in [1.82, 2.24) is 10.3 Å². The van der Waals surface area contributed by atoms with Gasteiger partial charge in [-0.15, -0.1) is 0 Å². The van der Waals surface area contributed by atoms with Crippen LogP contribution in [0.3, 0.4) is 0 Å². The molecule has 18 heavy (non-hydrogen) atoms. The van der Waals surface area contributed by atoms with E-state index in [1.807, 2.05) is 19.1 Å². The number of hydrogen-bond donors (Lipinski definition) is 1. The van der Waals surface area contributed by atoms with Crippen molar-refractivity contribution >= 4 is 16.9 Å². The smallest absolute Gasteiger partial charge is 0.374 e. The SMILES string of the molecule is Cc1noc2cc(-c3cc(C(=O)O)on3)ccc12. The van der Waals surface area contributed by atoms with Crippen LogP contribution < -0.4 is 0 Å². The minimum absolute atomic E-state index is 0.196. The molecular formula is C12H8N2O4. The van der Waals surface area contributed by atoms with Crippen LogP contribution in [0.1, 0.15) is 16.2 Å². The summed E-state index contributed by atoms with van der Waals surface area (Å²) in [6, 6.07) is 6.78. The van der Waals surface area contributed by atoms with Crippen molar-refractivity contribution < 1.29 is 18.9 Å². The molecule has 90 valence electrons. The number of aromatic carboxylic acids is 1. The Hall–Kier alpha value is -2.63. The molecule has 0 aliphatic carbocycles. The summed E-state index contributed by atoms with van der Waals surface area (Å²) in [5.74, 6) is -1.34. The van der Waals surface area contributed by atoms with E-state index in [9.17, 15) is 4.79 Å². The fraction of sp³-hybridized carbons (Fsp3) is 0.0833. The van der Waals surface area contributed by atoms with Crippen molar-refractivity contribution in [1.29, 1.82) is 0 Å². The first-order valence-electron chi connectivity index (χ1n) is 5.21. The summed E-state index contributed by atoms with van der Waals surface area (Å²) in [5, 5.41) is 17.2. The van der Waals surface area contributed by atoms with Crippen LogP contribution in [-0.4, -0.2) is 21.4 Å². The van der Waals surface area contributed by atoms with Gasteiger partial charge in [0.25, 0.3) is 0 Å². The molecule has 3 aromatic rings. The van der Waals surface area contributed by atoms with Gasteiger partial charge in [0.2, 0.25) is 5.76 Å². The van der Waals surface area contributed by atoms with Crippen LogP contribution in [0.4, 0.5) is 0 Å². The Kier molecular flexibility index (Phi) is 2.16. The predicted octanol–water partition coefficient (Wildman–Crippen LogP) is 2.49. The van der Waals surface area contributed by atoms with Gasteiger partial charge in [0.15, 0.2) is 5.58 Å². The maximum Gasteiger partial charge on any atom is 0.374 e. The number of benzene rings is 1. The summed E-state index contributed by atoms with van der Waals surface area (Å²) >= 11 is 0. The Morgan fingerprint density at radius 2 is 2.06 bits per heavy atom. The van der Waals surface area contributed by atoms with Crippen LogP contribution in [0.5, 0.6) is 0 Å². The Balaban J connectivity index is 2.10. The van der Waals surface area contributed by atoms with Crippen molar-refractivity contribution in [2.24, 2.45) is 0 Å². The van der Waals surface area contributed by atoms with Gasteiger partial charge in [-0.25, -0.2) is 4.79 Å². The molecule has 0 fully saturated rings. The van der Waals surface area contributed by atoms with Gasteiger partial charge in [0.05, 0.1) is 5.69 Å². The third kappa shape index (κ3) is 1.55. The van der Waals surface area contributed by atoms with Gasteiger partial charge in [-0.1, -0.05) is 16.4 Å². The van der Waals surface area contributed by atoms with Gasteiger partial charge in [-0.2, -0.15) is 0 Å². The summed E-state index contributed by atoms with van der Waals surface area (Å²) in [5.41, 5.74) is 2.60. The first kappa shape index (κ1) is 10.5. The molecule has 0 spiro atoms. The molecule has 1 N–H and O–H groups in total. The van der Waals surface area contributed by atoms with Gasteiger partial charge in [-0.3, -0.25) is 0 Å². The average molecular weight is 244 g/mol. The molecule has 0 aliphatic heterocycles. The molecular weight excluding hydrogens is 236 g/mol. The molecule has 3 rings (SSSR count). The number of rotatable bonds is 2. The molecule has 0 bridgehead atoms. The second-order valence-corrected chi connectivity index (χ2v) is 3.86. The van der Waals surface area contributed by atoms with E-state index in [4.69, 9.17) is 14.2 Å². The highest BCUT2D eigenvalue weighted by molar-refractivity contribution is 5.87. The van der Waals surface area contributed by atoms with E-state index in [1.165, 1.54) is 6.07 Å². The van der Waals surface area contributed by atoms with Crippen LogP contribution in [0.25, 0.3) is 22.2 Å². The largest absolute Gasteiger partial charge is 0.475 e. The molecule has 2 heterocycles. The van der Waals surface area contributed by atoms with Gasteiger partial charge in [-0.05, 0) is 19.1 Å². The molecule has 0 saturated heterocycles. The van der Waals surface area contributed by atoms with Crippen LogP contribution in [0.2, 0.25) is 0 Å². The van der Waals surface area contributed by atoms with E-state index in [0.29, 0.717) is 11.3 Å². The number of carboxylic acids is 1. The molecule has 1 aromatic carbocycles. The zero-order valence-corrected chi connectivity index (χ0v) is 9.38. The van der Waals surface area contributed by atoms with Crippen LogP contribution >= 0.6 is 0 Å². The van der Waals surface area contributed by atoms with Crippen LogP contribution in [-0.2, 0) is 0 Å². The maximum absolute atomic E-state index is 10.7. The second kappa shape index (κ2) is 3.69. The standard InChI is InChI=1S/C12H8N2O4/c1-6-8-3-2-7(4-10(8)17-13-6)9-5-11(12(15)16)18-14-9/h2-5H,1H3,(H,15,16). The van der Waals surface area contributed by atoms with Crippen molar-refractivity contribution in [3.63, 3.8) is 0 Å². The Morgan fingerprint density at radius 1 is 1.22 bits per heavy atom. The fourth-order valence-electron chi connectivity index (χ4n) is 1.73. The third-order valence-corrected chi connectivity index (χ3v) is 2.67. The van der Waals surface area contributed by atoms with Crippen LogP contribution in [0.15, 0.2) is 33.3 Å². The minimum atomic E-state index is -1.15. The van der Waals surface area contributed by atoms with Gasteiger partial charge >= 0.3 is 5.97 Å². The first-order valence-corrected chi connectivity index (χ1v) is 5.21. The molecule has 6 nitrogen and oxygen atoms in total. The number of hydrogen-bond acceptors (Lipinski definition) is 5. The molecule has 0 atom stereocenters. The number of carbonyl (C=O) groups is 1. The molecule has 0 saturated carbocycles. The monoisotopic (exact) mass is 244 g/mol. The quantitative estimate of drug-likeness (QED) is 0.744. The molecule has 0 radical (unpaired) electrons. The highest BCUT2D eigenvalue weighted by atomic mass is 16.5. The second-order valence-electron chi connectivity index (χ2n) is 3.86. The average Bonchev–Trinajstić information content (AvgIpc) is 2.96. The van der Waals surface area contributed by atoms with E-state index in [1.54, 1.807) is 6.07 Å². The fourth-order valence-corrected chi connectivity index (χ4v) is 1.73. The van der Waals surface area contributed by atoms with Crippen molar-refractivity contribution in [2.45, 2.75) is 6.92 Å². The van der Waals surface area contributed by atoms with Gasteiger partial charge in [0, 0.05) is 17.0 Å². The Bertz CT molecular complexity index is 741. The third-order valence-electron chi connectivity index (χ3n) is 2.67. The van der Waals surface area contributed by atoms with E-state index in [0.717, 1.165) is 16.6 Å². The summed E-state index contributed by atoms with van der Waals surface area (Å²) in [7, 11) is 0. The van der Waals surface area contributed by atoms with Crippen molar-refractivity contribution in [3.8, 4) is 11.3 Å². The summed E-state index contributed by atoms with van der Waals surface area (Å²) in [4.78, 5) is 10.7. The molecule has 0 amide bonds. The number of aryl methyl sites for hydroxylation is 1. The zero-order chi connectivity index (χ0) is 12.7. The van der Waals surface area contributed by atoms with E-state index < -0.39 is 5.97 Å². The molecule has 0 aliphatic rings. The van der Waals surface area contributed by atoms with Gasteiger partial charge in [0.1, 0.15) is 5.69 Å². The summed E-state index contributed by atoms with van der Waals surface area (Å²) in [6.45, 7) is 1.85. The lowest BCUT2D eigenvalue weighted by atomic mass is 10.1. The topological polar surface area (TPSA) is 89.4 Å². The van der Waals surface area contributed by atoms with E-state index >= 15 is 0 Å². The summed E-state index contributed by atoms with van der Waals surface area (Å²) in [6.07, 6.45) is 0. The van der Waals surface area contributed by atoms with Gasteiger partial charge < -0.3 is 14.2 Å². The predicted molar refractivity (Wildman–Crippen MR) is 61.2 cm³/mol. The first-order chi connectivity index (χ1) is 8.65. The zero-order valence-electron chi connectivity index (χ0n) is 9.38. The minimum Gasteiger partial charge on any atom is -0.475 e. The highest BCUT2D eigenvalue weighted by Crippen LogP contribution is 2.25. The molecule has 0 unspecified atom stereocenters. The number of aromatic nitrogens is 2. The maximum atomic E-state index is 10.7.